The average molecular weight is 305 g/mol. The van der Waals surface area contributed by atoms with Crippen LogP contribution in [0.3, 0.4) is 0 Å². The highest BCUT2D eigenvalue weighted by molar-refractivity contribution is 5.77. The van der Waals surface area contributed by atoms with Crippen molar-refractivity contribution < 1.29 is 18.6 Å². The summed E-state index contributed by atoms with van der Waals surface area (Å²) in [6, 6.07) is 8.44. The largest absolute Gasteiger partial charge is 0.493 e. The number of rotatable bonds is 6. The van der Waals surface area contributed by atoms with Gasteiger partial charge in [0.15, 0.2) is 11.5 Å². The summed E-state index contributed by atoms with van der Waals surface area (Å²) in [5.74, 6) is 1.07. The molecule has 0 radical (unpaired) electrons. The van der Waals surface area contributed by atoms with Crippen molar-refractivity contribution >= 4 is 0 Å². The van der Waals surface area contributed by atoms with Gasteiger partial charge in [0, 0.05) is 11.1 Å². The van der Waals surface area contributed by atoms with Gasteiger partial charge in [0.05, 0.1) is 21.3 Å². The van der Waals surface area contributed by atoms with Crippen molar-refractivity contribution in [1.82, 2.24) is 0 Å². The van der Waals surface area contributed by atoms with Crippen molar-refractivity contribution in [3.8, 4) is 28.4 Å². The number of hydrogen-bond acceptors (Lipinski definition) is 4. The summed E-state index contributed by atoms with van der Waals surface area (Å²) in [5, 5.41) is 0. The molecule has 2 N–H and O–H groups in total. The monoisotopic (exact) mass is 305 g/mol. The summed E-state index contributed by atoms with van der Waals surface area (Å²) in [4.78, 5) is 0. The van der Waals surface area contributed by atoms with Crippen LogP contribution in [0.4, 0.5) is 4.39 Å². The molecule has 2 aromatic carbocycles. The van der Waals surface area contributed by atoms with Gasteiger partial charge in [0.25, 0.3) is 0 Å². The third kappa shape index (κ3) is 2.99. The molecule has 2 rings (SSSR count). The van der Waals surface area contributed by atoms with Gasteiger partial charge in [-0.3, -0.25) is 0 Å². The number of halogens is 1. The number of benzene rings is 2. The Morgan fingerprint density at radius 1 is 0.909 bits per heavy atom. The molecule has 0 saturated heterocycles. The van der Waals surface area contributed by atoms with E-state index < -0.39 is 0 Å². The maximum Gasteiger partial charge on any atom is 0.203 e. The lowest BCUT2D eigenvalue weighted by Crippen LogP contribution is -2.03. The van der Waals surface area contributed by atoms with E-state index in [1.54, 1.807) is 31.4 Å². The average Bonchev–Trinajstić information content (AvgIpc) is 2.55. The standard InChI is InChI=1S/C17H20FNO3/c1-20-15-7-5-12(16(21-2)17(15)22-3)13-10-11(8-9-19)4-6-14(13)18/h4-7,10H,8-9,19H2,1-3H3. The molecule has 0 aliphatic heterocycles. The molecule has 0 aliphatic rings. The van der Waals surface area contributed by atoms with E-state index in [-0.39, 0.29) is 5.82 Å². The number of hydrogen-bond donors (Lipinski definition) is 1. The molecule has 22 heavy (non-hydrogen) atoms. The van der Waals surface area contributed by atoms with Gasteiger partial charge in [-0.1, -0.05) is 6.07 Å². The van der Waals surface area contributed by atoms with E-state index in [1.165, 1.54) is 20.3 Å². The van der Waals surface area contributed by atoms with E-state index in [2.05, 4.69) is 0 Å². The first-order valence-electron chi connectivity index (χ1n) is 6.94. The van der Waals surface area contributed by atoms with Crippen LogP contribution in [0.2, 0.25) is 0 Å². The maximum absolute atomic E-state index is 14.3. The minimum atomic E-state index is -0.328. The van der Waals surface area contributed by atoms with Gasteiger partial charge in [-0.05, 0) is 42.8 Å². The second-order valence-corrected chi connectivity index (χ2v) is 4.73. The quantitative estimate of drug-likeness (QED) is 0.891. The summed E-state index contributed by atoms with van der Waals surface area (Å²) < 4.78 is 30.3. The summed E-state index contributed by atoms with van der Waals surface area (Å²) >= 11 is 0. The van der Waals surface area contributed by atoms with Crippen LogP contribution in [-0.2, 0) is 6.42 Å². The zero-order valence-corrected chi connectivity index (χ0v) is 13.0. The molecule has 0 fully saturated rings. The third-order valence-electron chi connectivity index (χ3n) is 3.46. The van der Waals surface area contributed by atoms with Crippen LogP contribution < -0.4 is 19.9 Å². The van der Waals surface area contributed by atoms with Gasteiger partial charge in [0.1, 0.15) is 5.82 Å². The third-order valence-corrected chi connectivity index (χ3v) is 3.46. The van der Waals surface area contributed by atoms with Crippen LogP contribution in [0.1, 0.15) is 5.56 Å². The molecular weight excluding hydrogens is 285 g/mol. The van der Waals surface area contributed by atoms with Gasteiger partial charge in [0.2, 0.25) is 5.75 Å². The van der Waals surface area contributed by atoms with Crippen molar-refractivity contribution in [3.05, 3.63) is 41.7 Å². The zero-order valence-electron chi connectivity index (χ0n) is 13.0. The normalized spacial score (nSPS) is 10.4. The fraction of sp³-hybridized carbons (Fsp3) is 0.294. The van der Waals surface area contributed by atoms with Crippen LogP contribution >= 0.6 is 0 Å². The smallest absolute Gasteiger partial charge is 0.203 e. The van der Waals surface area contributed by atoms with Gasteiger partial charge in [-0.15, -0.1) is 0 Å². The number of ether oxygens (including phenoxy) is 3. The summed E-state index contributed by atoms with van der Waals surface area (Å²) in [5.41, 5.74) is 7.60. The summed E-state index contributed by atoms with van der Waals surface area (Å²) in [6.07, 6.45) is 0.683. The molecule has 0 atom stereocenters. The van der Waals surface area contributed by atoms with Crippen LogP contribution in [-0.4, -0.2) is 27.9 Å². The predicted molar refractivity (Wildman–Crippen MR) is 84.3 cm³/mol. The van der Waals surface area contributed by atoms with Crippen molar-refractivity contribution in [2.75, 3.05) is 27.9 Å². The van der Waals surface area contributed by atoms with E-state index in [0.29, 0.717) is 41.3 Å². The molecule has 5 heteroatoms. The number of nitrogens with two attached hydrogens (primary N) is 1. The second kappa shape index (κ2) is 7.13. The first kappa shape index (κ1) is 16.1. The molecule has 4 nitrogen and oxygen atoms in total. The Balaban J connectivity index is 2.64. The Kier molecular flexibility index (Phi) is 5.22. The van der Waals surface area contributed by atoms with Crippen LogP contribution in [0.5, 0.6) is 17.2 Å². The van der Waals surface area contributed by atoms with Gasteiger partial charge in [-0.25, -0.2) is 4.39 Å². The van der Waals surface area contributed by atoms with E-state index in [4.69, 9.17) is 19.9 Å². The highest BCUT2D eigenvalue weighted by atomic mass is 19.1. The zero-order chi connectivity index (χ0) is 16.1. The van der Waals surface area contributed by atoms with Crippen LogP contribution in [0.15, 0.2) is 30.3 Å². The Labute approximate surface area is 129 Å². The molecule has 0 unspecified atom stereocenters. The Hall–Kier alpha value is -2.27. The Morgan fingerprint density at radius 3 is 2.23 bits per heavy atom. The van der Waals surface area contributed by atoms with E-state index in [1.807, 2.05) is 0 Å². The molecule has 0 amide bonds. The van der Waals surface area contributed by atoms with Crippen LogP contribution in [0, 0.1) is 5.82 Å². The Morgan fingerprint density at radius 2 is 1.64 bits per heavy atom. The maximum atomic E-state index is 14.3. The van der Waals surface area contributed by atoms with Crippen molar-refractivity contribution in [2.45, 2.75) is 6.42 Å². The second-order valence-electron chi connectivity index (χ2n) is 4.73. The number of methoxy groups -OCH3 is 3. The lowest BCUT2D eigenvalue weighted by molar-refractivity contribution is 0.325. The summed E-state index contributed by atoms with van der Waals surface area (Å²) in [7, 11) is 4.58. The van der Waals surface area contributed by atoms with Gasteiger partial charge >= 0.3 is 0 Å². The minimum absolute atomic E-state index is 0.328. The van der Waals surface area contributed by atoms with E-state index >= 15 is 0 Å². The molecule has 0 aliphatic carbocycles. The van der Waals surface area contributed by atoms with E-state index in [0.717, 1.165) is 5.56 Å². The molecule has 0 saturated carbocycles. The summed E-state index contributed by atoms with van der Waals surface area (Å²) in [6.45, 7) is 0.508. The van der Waals surface area contributed by atoms with Crippen LogP contribution in [0.25, 0.3) is 11.1 Å². The molecule has 118 valence electrons. The minimum Gasteiger partial charge on any atom is -0.493 e. The van der Waals surface area contributed by atoms with Crippen molar-refractivity contribution in [3.63, 3.8) is 0 Å². The SMILES string of the molecule is COc1ccc(-c2cc(CCN)ccc2F)c(OC)c1OC. The molecule has 0 bridgehead atoms. The molecule has 2 aromatic rings. The highest BCUT2D eigenvalue weighted by Crippen LogP contribution is 2.44. The van der Waals surface area contributed by atoms with Gasteiger partial charge in [-0.2, -0.15) is 0 Å². The van der Waals surface area contributed by atoms with Gasteiger partial charge < -0.3 is 19.9 Å². The van der Waals surface area contributed by atoms with Crippen molar-refractivity contribution in [2.24, 2.45) is 5.73 Å². The molecule has 0 heterocycles. The predicted octanol–water partition coefficient (Wildman–Crippen LogP) is 3.02. The van der Waals surface area contributed by atoms with E-state index in [9.17, 15) is 4.39 Å². The first-order valence-corrected chi connectivity index (χ1v) is 6.94. The fourth-order valence-corrected chi connectivity index (χ4v) is 2.41. The lowest BCUT2D eigenvalue weighted by atomic mass is 9.99. The topological polar surface area (TPSA) is 53.7 Å². The molecule has 0 aromatic heterocycles. The first-order chi connectivity index (χ1) is 10.7. The highest BCUT2D eigenvalue weighted by Gasteiger charge is 2.19. The lowest BCUT2D eigenvalue weighted by Gasteiger charge is -2.16. The Bertz CT molecular complexity index is 659. The van der Waals surface area contributed by atoms with Crippen molar-refractivity contribution in [1.29, 1.82) is 0 Å². The molecular formula is C17H20FNO3. The fourth-order valence-electron chi connectivity index (χ4n) is 2.41. The molecule has 0 spiro atoms.